The first-order chi connectivity index (χ1) is 7.84. The van der Waals surface area contributed by atoms with Crippen molar-refractivity contribution in [3.05, 3.63) is 0 Å². The molecule has 0 saturated carbocycles. The van der Waals surface area contributed by atoms with Gasteiger partial charge in [-0.2, -0.15) is 0 Å². The van der Waals surface area contributed by atoms with Gasteiger partial charge in [0.25, 0.3) is 0 Å². The van der Waals surface area contributed by atoms with Crippen LogP contribution in [0.5, 0.6) is 0 Å². The van der Waals surface area contributed by atoms with Crippen LogP contribution in [0.3, 0.4) is 0 Å². The number of nitrogens with one attached hydrogen (secondary N) is 2. The van der Waals surface area contributed by atoms with Gasteiger partial charge < -0.3 is 15.4 Å². The lowest BCUT2D eigenvalue weighted by atomic mass is 10.1. The molecule has 0 aromatic heterocycles. The maximum Gasteiger partial charge on any atom is 0.222 e. The number of hydrogen-bond donors (Lipinski definition) is 2. The van der Waals surface area contributed by atoms with Gasteiger partial charge in [0.15, 0.2) is 0 Å². The average molecular weight is 226 g/mol. The molecular formula is C12H22N2O2. The second-order valence-electron chi connectivity index (χ2n) is 4.80. The Morgan fingerprint density at radius 2 is 2.25 bits per heavy atom. The van der Waals surface area contributed by atoms with Crippen molar-refractivity contribution in [2.75, 3.05) is 19.7 Å². The lowest BCUT2D eigenvalue weighted by Crippen LogP contribution is -2.41. The number of carbonyl (C=O) groups excluding carboxylic acids is 1. The van der Waals surface area contributed by atoms with Crippen molar-refractivity contribution in [2.45, 2.75) is 50.7 Å². The predicted molar refractivity (Wildman–Crippen MR) is 62.2 cm³/mol. The Kier molecular flexibility index (Phi) is 4.60. The fourth-order valence-corrected chi connectivity index (χ4v) is 2.44. The molecule has 2 aliphatic heterocycles. The Balaban J connectivity index is 1.68. The smallest absolute Gasteiger partial charge is 0.222 e. The van der Waals surface area contributed by atoms with E-state index in [-0.39, 0.29) is 12.0 Å². The molecule has 0 aromatic rings. The van der Waals surface area contributed by atoms with E-state index in [4.69, 9.17) is 4.74 Å². The molecule has 2 N–H and O–H groups in total. The van der Waals surface area contributed by atoms with Crippen LogP contribution in [0.15, 0.2) is 0 Å². The number of carbonyl (C=O) groups is 1. The predicted octanol–water partition coefficient (Wildman–Crippen LogP) is 0.814. The van der Waals surface area contributed by atoms with E-state index in [1.54, 1.807) is 0 Å². The third-order valence-electron chi connectivity index (χ3n) is 3.35. The van der Waals surface area contributed by atoms with E-state index in [1.807, 2.05) is 0 Å². The summed E-state index contributed by atoms with van der Waals surface area (Å²) in [7, 11) is 0. The highest BCUT2D eigenvalue weighted by Gasteiger charge is 2.21. The molecular weight excluding hydrogens is 204 g/mol. The molecule has 1 amide bonds. The van der Waals surface area contributed by atoms with Crippen molar-refractivity contribution < 1.29 is 9.53 Å². The summed E-state index contributed by atoms with van der Waals surface area (Å²) in [6.45, 7) is 2.82. The van der Waals surface area contributed by atoms with E-state index < -0.39 is 0 Å². The molecule has 0 aliphatic carbocycles. The van der Waals surface area contributed by atoms with Crippen molar-refractivity contribution in [3.63, 3.8) is 0 Å². The fourth-order valence-electron chi connectivity index (χ4n) is 2.44. The van der Waals surface area contributed by atoms with Crippen LogP contribution in [0.1, 0.15) is 38.5 Å². The Hall–Kier alpha value is -0.610. The van der Waals surface area contributed by atoms with Gasteiger partial charge in [-0.15, -0.1) is 0 Å². The first-order valence-corrected chi connectivity index (χ1v) is 6.46. The molecule has 92 valence electrons. The van der Waals surface area contributed by atoms with Crippen LogP contribution >= 0.6 is 0 Å². The van der Waals surface area contributed by atoms with Crippen LogP contribution in [0.4, 0.5) is 0 Å². The van der Waals surface area contributed by atoms with E-state index in [0.717, 1.165) is 39.0 Å². The monoisotopic (exact) mass is 226 g/mol. The summed E-state index contributed by atoms with van der Waals surface area (Å²) in [4.78, 5) is 11.8. The lowest BCUT2D eigenvalue weighted by Gasteiger charge is -2.17. The molecule has 4 nitrogen and oxygen atoms in total. The van der Waals surface area contributed by atoms with Gasteiger partial charge in [-0.3, -0.25) is 4.79 Å². The second-order valence-corrected chi connectivity index (χ2v) is 4.80. The minimum absolute atomic E-state index is 0.153. The van der Waals surface area contributed by atoms with E-state index in [2.05, 4.69) is 10.6 Å². The van der Waals surface area contributed by atoms with Crippen molar-refractivity contribution in [1.29, 1.82) is 0 Å². The topological polar surface area (TPSA) is 50.4 Å². The zero-order valence-corrected chi connectivity index (χ0v) is 9.84. The summed E-state index contributed by atoms with van der Waals surface area (Å²) < 4.78 is 5.46. The van der Waals surface area contributed by atoms with Crippen LogP contribution < -0.4 is 10.6 Å². The Morgan fingerprint density at radius 3 is 3.06 bits per heavy atom. The van der Waals surface area contributed by atoms with Crippen molar-refractivity contribution in [1.82, 2.24) is 10.6 Å². The largest absolute Gasteiger partial charge is 0.378 e. The van der Waals surface area contributed by atoms with Crippen LogP contribution in [-0.4, -0.2) is 37.7 Å². The third kappa shape index (κ3) is 3.76. The highest BCUT2D eigenvalue weighted by molar-refractivity contribution is 5.76. The highest BCUT2D eigenvalue weighted by atomic mass is 16.5. The Labute approximate surface area is 97.1 Å². The number of hydrogen-bond acceptors (Lipinski definition) is 3. The molecule has 0 aromatic carbocycles. The Bertz CT molecular complexity index is 219. The van der Waals surface area contributed by atoms with Gasteiger partial charge in [-0.05, 0) is 32.2 Å². The summed E-state index contributed by atoms with van der Waals surface area (Å²) in [6.07, 6.45) is 6.37. The maximum atomic E-state index is 11.8. The van der Waals surface area contributed by atoms with Crippen molar-refractivity contribution in [2.24, 2.45) is 0 Å². The molecule has 2 heterocycles. The first-order valence-electron chi connectivity index (χ1n) is 6.46. The van der Waals surface area contributed by atoms with Crippen LogP contribution in [0.2, 0.25) is 0 Å². The van der Waals surface area contributed by atoms with E-state index >= 15 is 0 Å². The molecule has 2 aliphatic rings. The van der Waals surface area contributed by atoms with Gasteiger partial charge in [-0.1, -0.05) is 6.42 Å². The second kappa shape index (κ2) is 6.21. The van der Waals surface area contributed by atoms with Crippen molar-refractivity contribution in [3.8, 4) is 0 Å². The minimum Gasteiger partial charge on any atom is -0.378 e. The van der Waals surface area contributed by atoms with E-state index in [0.29, 0.717) is 12.5 Å². The lowest BCUT2D eigenvalue weighted by molar-refractivity contribution is -0.123. The third-order valence-corrected chi connectivity index (χ3v) is 3.35. The van der Waals surface area contributed by atoms with Gasteiger partial charge in [-0.25, -0.2) is 0 Å². The number of rotatable bonds is 3. The molecule has 2 unspecified atom stereocenters. The van der Waals surface area contributed by atoms with Gasteiger partial charge >= 0.3 is 0 Å². The summed E-state index contributed by atoms with van der Waals surface area (Å²) in [5.74, 6) is 0.153. The molecule has 16 heavy (non-hydrogen) atoms. The summed E-state index contributed by atoms with van der Waals surface area (Å²) in [6, 6.07) is 0.316. The van der Waals surface area contributed by atoms with Crippen LogP contribution in [0.25, 0.3) is 0 Å². The average Bonchev–Trinajstić information content (AvgIpc) is 2.62. The first kappa shape index (κ1) is 11.9. The summed E-state index contributed by atoms with van der Waals surface area (Å²) in [5, 5.41) is 6.45. The number of ether oxygens (including phenoxy) is 1. The quantitative estimate of drug-likeness (QED) is 0.749. The fraction of sp³-hybridized carbons (Fsp3) is 0.917. The molecule has 2 atom stereocenters. The van der Waals surface area contributed by atoms with E-state index in [9.17, 15) is 4.79 Å². The molecule has 0 radical (unpaired) electrons. The van der Waals surface area contributed by atoms with Gasteiger partial charge in [0, 0.05) is 19.2 Å². The minimum atomic E-state index is 0.153. The number of amides is 1. The summed E-state index contributed by atoms with van der Waals surface area (Å²) >= 11 is 0. The highest BCUT2D eigenvalue weighted by Crippen LogP contribution is 2.15. The van der Waals surface area contributed by atoms with Gasteiger partial charge in [0.1, 0.15) is 0 Å². The standard InChI is InChI=1S/C12H22N2O2/c15-12(8-11-5-3-7-16-11)14-10-4-1-2-6-13-9-10/h10-11,13H,1-9H2,(H,14,15). The van der Waals surface area contributed by atoms with Crippen molar-refractivity contribution >= 4 is 5.91 Å². The van der Waals surface area contributed by atoms with Crippen LogP contribution in [-0.2, 0) is 9.53 Å². The van der Waals surface area contributed by atoms with Gasteiger partial charge in [0.2, 0.25) is 5.91 Å². The van der Waals surface area contributed by atoms with Gasteiger partial charge in [0.05, 0.1) is 12.5 Å². The maximum absolute atomic E-state index is 11.8. The summed E-state index contributed by atoms with van der Waals surface area (Å²) in [5.41, 5.74) is 0. The molecule has 0 spiro atoms. The SMILES string of the molecule is O=C(CC1CCCO1)NC1CCCCNC1. The zero-order chi connectivity index (χ0) is 11.2. The molecule has 4 heteroatoms. The normalized spacial score (nSPS) is 31.0. The molecule has 2 saturated heterocycles. The molecule has 0 bridgehead atoms. The zero-order valence-electron chi connectivity index (χ0n) is 9.84. The van der Waals surface area contributed by atoms with E-state index in [1.165, 1.54) is 12.8 Å². The Morgan fingerprint density at radius 1 is 1.31 bits per heavy atom. The molecule has 2 rings (SSSR count). The van der Waals surface area contributed by atoms with Crippen LogP contribution in [0, 0.1) is 0 Å². The molecule has 2 fully saturated rings.